The summed E-state index contributed by atoms with van der Waals surface area (Å²) in [5.41, 5.74) is 1.16. The average Bonchev–Trinajstić information content (AvgIpc) is 2.27. The Morgan fingerprint density at radius 2 is 2.06 bits per heavy atom. The van der Waals surface area contributed by atoms with Crippen molar-refractivity contribution in [2.24, 2.45) is 5.92 Å². The normalized spacial score (nSPS) is 10.7. The van der Waals surface area contributed by atoms with Crippen molar-refractivity contribution in [1.82, 2.24) is 5.32 Å². The molecule has 0 aliphatic heterocycles. The van der Waals surface area contributed by atoms with Gasteiger partial charge in [-0.15, -0.1) is 0 Å². The molecule has 0 heterocycles. The van der Waals surface area contributed by atoms with Gasteiger partial charge >= 0.3 is 0 Å². The second-order valence-corrected chi connectivity index (χ2v) is 5.20. The Morgan fingerprint density at radius 1 is 1.35 bits per heavy atom. The van der Waals surface area contributed by atoms with Crippen LogP contribution in [0.3, 0.4) is 0 Å². The summed E-state index contributed by atoms with van der Waals surface area (Å²) in [5, 5.41) is 3.12. The Labute approximate surface area is 112 Å². The van der Waals surface area contributed by atoms with Gasteiger partial charge in [-0.25, -0.2) is 0 Å². The van der Waals surface area contributed by atoms with Gasteiger partial charge in [0.1, 0.15) is 0 Å². The van der Waals surface area contributed by atoms with Gasteiger partial charge in [-0.1, -0.05) is 13.8 Å². The lowest BCUT2D eigenvalue weighted by molar-refractivity contribution is 0.255. The van der Waals surface area contributed by atoms with E-state index in [0.29, 0.717) is 12.5 Å². The first-order valence-corrected chi connectivity index (χ1v) is 6.51. The average molecular weight is 302 g/mol. The standard InChI is InChI=1S/C13H20BrNO2/c1-9(2)8-17-13-11(14)5-10(7-15-3)6-12(13)16-4/h5-6,9,15H,7-8H2,1-4H3. The van der Waals surface area contributed by atoms with Crippen molar-refractivity contribution in [2.75, 3.05) is 20.8 Å². The van der Waals surface area contributed by atoms with E-state index in [4.69, 9.17) is 9.47 Å². The molecule has 0 aliphatic rings. The first-order valence-electron chi connectivity index (χ1n) is 5.72. The molecule has 0 saturated carbocycles. The second kappa shape index (κ2) is 6.87. The van der Waals surface area contributed by atoms with Crippen LogP contribution in [-0.4, -0.2) is 20.8 Å². The Morgan fingerprint density at radius 3 is 2.59 bits per heavy atom. The van der Waals surface area contributed by atoms with Gasteiger partial charge in [-0.05, 0) is 46.6 Å². The number of halogens is 1. The predicted octanol–water partition coefficient (Wildman–Crippen LogP) is 3.21. The summed E-state index contributed by atoms with van der Waals surface area (Å²) >= 11 is 3.53. The van der Waals surface area contributed by atoms with Crippen LogP contribution in [0, 0.1) is 5.92 Å². The zero-order valence-electron chi connectivity index (χ0n) is 10.8. The van der Waals surface area contributed by atoms with Crippen LogP contribution in [0.25, 0.3) is 0 Å². The summed E-state index contributed by atoms with van der Waals surface area (Å²) in [5.74, 6) is 2.04. The summed E-state index contributed by atoms with van der Waals surface area (Å²) < 4.78 is 12.1. The van der Waals surface area contributed by atoms with Gasteiger partial charge in [0.15, 0.2) is 11.5 Å². The van der Waals surface area contributed by atoms with Gasteiger partial charge in [0.05, 0.1) is 18.2 Å². The lowest BCUT2D eigenvalue weighted by Crippen LogP contribution is -2.08. The fourth-order valence-corrected chi connectivity index (χ4v) is 2.07. The van der Waals surface area contributed by atoms with Crippen molar-refractivity contribution in [2.45, 2.75) is 20.4 Å². The number of nitrogens with one attached hydrogen (secondary N) is 1. The third-order valence-electron chi connectivity index (χ3n) is 2.23. The van der Waals surface area contributed by atoms with Crippen molar-refractivity contribution in [3.05, 3.63) is 22.2 Å². The number of benzene rings is 1. The van der Waals surface area contributed by atoms with E-state index in [2.05, 4.69) is 41.2 Å². The molecule has 1 aromatic rings. The van der Waals surface area contributed by atoms with E-state index in [-0.39, 0.29) is 0 Å². The van der Waals surface area contributed by atoms with Crippen molar-refractivity contribution >= 4 is 15.9 Å². The third kappa shape index (κ3) is 4.21. The van der Waals surface area contributed by atoms with Crippen LogP contribution in [-0.2, 0) is 6.54 Å². The minimum Gasteiger partial charge on any atom is -0.493 e. The third-order valence-corrected chi connectivity index (χ3v) is 2.82. The van der Waals surface area contributed by atoms with Crippen LogP contribution in [0.2, 0.25) is 0 Å². The molecule has 4 heteroatoms. The Bertz CT molecular complexity index is 367. The van der Waals surface area contributed by atoms with E-state index in [1.54, 1.807) is 7.11 Å². The molecule has 1 rings (SSSR count). The minimum atomic E-state index is 0.489. The maximum Gasteiger partial charge on any atom is 0.175 e. The Balaban J connectivity index is 2.95. The zero-order chi connectivity index (χ0) is 12.8. The van der Waals surface area contributed by atoms with Gasteiger partial charge in [0.2, 0.25) is 0 Å². The van der Waals surface area contributed by atoms with Crippen LogP contribution in [0.4, 0.5) is 0 Å². The predicted molar refractivity (Wildman–Crippen MR) is 73.8 cm³/mol. The highest BCUT2D eigenvalue weighted by atomic mass is 79.9. The maximum absolute atomic E-state index is 5.76. The lowest BCUT2D eigenvalue weighted by atomic mass is 10.2. The molecule has 0 radical (unpaired) electrons. The highest BCUT2D eigenvalue weighted by molar-refractivity contribution is 9.10. The van der Waals surface area contributed by atoms with E-state index in [9.17, 15) is 0 Å². The van der Waals surface area contributed by atoms with E-state index in [1.165, 1.54) is 0 Å². The number of ether oxygens (including phenoxy) is 2. The zero-order valence-corrected chi connectivity index (χ0v) is 12.4. The molecular formula is C13H20BrNO2. The first kappa shape index (κ1) is 14.3. The second-order valence-electron chi connectivity index (χ2n) is 4.34. The molecule has 96 valence electrons. The number of hydrogen-bond donors (Lipinski definition) is 1. The topological polar surface area (TPSA) is 30.5 Å². The van der Waals surface area contributed by atoms with Gasteiger partial charge in [0.25, 0.3) is 0 Å². The highest BCUT2D eigenvalue weighted by Gasteiger charge is 2.12. The largest absolute Gasteiger partial charge is 0.493 e. The fourth-order valence-electron chi connectivity index (χ4n) is 1.47. The number of methoxy groups -OCH3 is 1. The fraction of sp³-hybridized carbons (Fsp3) is 0.538. The molecule has 0 amide bonds. The maximum atomic E-state index is 5.76. The SMILES string of the molecule is CNCc1cc(Br)c(OCC(C)C)c(OC)c1. The molecule has 0 unspecified atom stereocenters. The summed E-state index contributed by atoms with van der Waals surface area (Å²) in [7, 11) is 3.58. The Kier molecular flexibility index (Phi) is 5.78. The van der Waals surface area contributed by atoms with Crippen LogP contribution >= 0.6 is 15.9 Å². The van der Waals surface area contributed by atoms with Crippen molar-refractivity contribution in [3.63, 3.8) is 0 Å². The van der Waals surface area contributed by atoms with Crippen molar-refractivity contribution in [1.29, 1.82) is 0 Å². The molecule has 0 fully saturated rings. The van der Waals surface area contributed by atoms with E-state index in [1.807, 2.05) is 13.1 Å². The molecule has 1 aromatic carbocycles. The molecule has 0 bridgehead atoms. The number of rotatable bonds is 6. The molecule has 0 spiro atoms. The van der Waals surface area contributed by atoms with Gasteiger partial charge in [-0.2, -0.15) is 0 Å². The quantitative estimate of drug-likeness (QED) is 0.875. The molecule has 0 aromatic heterocycles. The molecule has 0 aliphatic carbocycles. The van der Waals surface area contributed by atoms with Gasteiger partial charge < -0.3 is 14.8 Å². The van der Waals surface area contributed by atoms with Crippen LogP contribution in [0.1, 0.15) is 19.4 Å². The van der Waals surface area contributed by atoms with E-state index < -0.39 is 0 Å². The molecule has 1 N–H and O–H groups in total. The highest BCUT2D eigenvalue weighted by Crippen LogP contribution is 2.36. The van der Waals surface area contributed by atoms with E-state index >= 15 is 0 Å². The van der Waals surface area contributed by atoms with Crippen LogP contribution in [0.15, 0.2) is 16.6 Å². The molecule has 3 nitrogen and oxygen atoms in total. The van der Waals surface area contributed by atoms with Crippen LogP contribution in [0.5, 0.6) is 11.5 Å². The summed E-state index contributed by atoms with van der Waals surface area (Å²) in [4.78, 5) is 0. The molecule has 0 atom stereocenters. The number of hydrogen-bond acceptors (Lipinski definition) is 3. The summed E-state index contributed by atoms with van der Waals surface area (Å²) in [6, 6.07) is 4.05. The monoisotopic (exact) mass is 301 g/mol. The smallest absolute Gasteiger partial charge is 0.175 e. The van der Waals surface area contributed by atoms with Crippen LogP contribution < -0.4 is 14.8 Å². The molecule has 17 heavy (non-hydrogen) atoms. The van der Waals surface area contributed by atoms with Gasteiger partial charge in [0, 0.05) is 6.54 Å². The summed E-state index contributed by atoms with van der Waals surface area (Å²) in [6.45, 7) is 5.73. The first-order chi connectivity index (χ1) is 8.08. The van der Waals surface area contributed by atoms with Crippen molar-refractivity contribution < 1.29 is 9.47 Å². The Hall–Kier alpha value is -0.740. The van der Waals surface area contributed by atoms with Gasteiger partial charge in [-0.3, -0.25) is 0 Å². The van der Waals surface area contributed by atoms with E-state index in [0.717, 1.165) is 28.1 Å². The molecule has 0 saturated heterocycles. The lowest BCUT2D eigenvalue weighted by Gasteiger charge is -2.15. The molecular weight excluding hydrogens is 282 g/mol. The summed E-state index contributed by atoms with van der Waals surface area (Å²) in [6.07, 6.45) is 0. The van der Waals surface area contributed by atoms with Crippen molar-refractivity contribution in [3.8, 4) is 11.5 Å². The minimum absolute atomic E-state index is 0.489.